The summed E-state index contributed by atoms with van der Waals surface area (Å²) < 4.78 is 2.00. The van der Waals surface area contributed by atoms with Gasteiger partial charge in [0.1, 0.15) is 0 Å². The van der Waals surface area contributed by atoms with Gasteiger partial charge < -0.3 is 0 Å². The van der Waals surface area contributed by atoms with E-state index in [0.29, 0.717) is 5.92 Å². The Kier molecular flexibility index (Phi) is 4.40. The highest BCUT2D eigenvalue weighted by Crippen LogP contribution is 2.29. The first-order valence-electron chi connectivity index (χ1n) is 9.02. The highest BCUT2D eigenvalue weighted by atomic mass is 15.3. The lowest BCUT2D eigenvalue weighted by atomic mass is 9.93. The van der Waals surface area contributed by atoms with Crippen molar-refractivity contribution in [2.24, 2.45) is 0 Å². The number of hydrogen-bond acceptors (Lipinski definition) is 3. The zero-order chi connectivity index (χ0) is 17.2. The maximum Gasteiger partial charge on any atom is 0.0719 e. The van der Waals surface area contributed by atoms with Crippen LogP contribution in [0.3, 0.4) is 0 Å². The summed E-state index contributed by atoms with van der Waals surface area (Å²) in [4.78, 5) is 2.56. The summed E-state index contributed by atoms with van der Waals surface area (Å²) in [5.74, 6) is 0.614. The number of nitrogens with one attached hydrogen (secondary N) is 1. The largest absolute Gasteiger partial charge is 0.299 e. The van der Waals surface area contributed by atoms with Gasteiger partial charge in [-0.2, -0.15) is 10.2 Å². The molecule has 3 aromatic rings. The van der Waals surface area contributed by atoms with Crippen LogP contribution < -0.4 is 0 Å². The van der Waals surface area contributed by atoms with Gasteiger partial charge in [0.2, 0.25) is 0 Å². The fraction of sp³-hybridized carbons (Fsp3) is 0.400. The second-order valence-corrected chi connectivity index (χ2v) is 7.10. The number of likely N-dealkylation sites (tertiary alicyclic amines) is 1. The number of H-pyrrole nitrogens is 1. The summed E-state index contributed by atoms with van der Waals surface area (Å²) in [6.07, 6.45) is 8.10. The molecule has 2 aromatic heterocycles. The lowest BCUT2D eigenvalue weighted by Gasteiger charge is -2.32. The van der Waals surface area contributed by atoms with Crippen LogP contribution in [-0.2, 0) is 6.54 Å². The van der Waals surface area contributed by atoms with Gasteiger partial charge >= 0.3 is 0 Å². The molecule has 5 nitrogen and oxygen atoms in total. The molecule has 0 saturated carbocycles. The number of nitrogens with zero attached hydrogens (tertiary/aromatic N) is 4. The molecule has 1 aromatic carbocycles. The Balaban J connectivity index is 1.52. The molecule has 0 bridgehead atoms. The van der Waals surface area contributed by atoms with Gasteiger partial charge in [0.05, 0.1) is 5.69 Å². The molecule has 0 radical (unpaired) electrons. The zero-order valence-corrected chi connectivity index (χ0v) is 14.9. The van der Waals surface area contributed by atoms with E-state index in [2.05, 4.69) is 52.2 Å². The number of aromatic nitrogens is 4. The van der Waals surface area contributed by atoms with Crippen molar-refractivity contribution in [3.05, 3.63) is 65.2 Å². The summed E-state index contributed by atoms with van der Waals surface area (Å²) in [6, 6.07) is 8.65. The van der Waals surface area contributed by atoms with Crippen molar-refractivity contribution >= 4 is 0 Å². The minimum absolute atomic E-state index is 0.614. The molecule has 130 valence electrons. The van der Waals surface area contributed by atoms with Gasteiger partial charge in [0, 0.05) is 36.7 Å². The Labute approximate surface area is 148 Å². The predicted molar refractivity (Wildman–Crippen MR) is 98.9 cm³/mol. The van der Waals surface area contributed by atoms with Crippen LogP contribution >= 0.6 is 0 Å². The SMILES string of the molecule is Cc1cc(C)c(-n2cccn2)c(CN2CCC(c3ccn[nH]3)CC2)c1. The number of aromatic amines is 1. The van der Waals surface area contributed by atoms with Gasteiger partial charge in [-0.3, -0.25) is 10.00 Å². The predicted octanol–water partition coefficient (Wildman–Crippen LogP) is 3.59. The molecule has 25 heavy (non-hydrogen) atoms. The number of aryl methyl sites for hydroxylation is 2. The van der Waals surface area contributed by atoms with Crippen LogP contribution in [0.4, 0.5) is 0 Å². The first-order valence-corrected chi connectivity index (χ1v) is 9.02. The fourth-order valence-electron chi connectivity index (χ4n) is 4.03. The summed E-state index contributed by atoms with van der Waals surface area (Å²) in [5, 5.41) is 11.7. The second-order valence-electron chi connectivity index (χ2n) is 7.10. The Morgan fingerprint density at radius 3 is 2.68 bits per heavy atom. The van der Waals surface area contributed by atoms with E-state index in [1.165, 1.54) is 40.9 Å². The van der Waals surface area contributed by atoms with Crippen LogP contribution in [0.2, 0.25) is 0 Å². The van der Waals surface area contributed by atoms with Crippen molar-refractivity contribution < 1.29 is 0 Å². The minimum atomic E-state index is 0.614. The second kappa shape index (κ2) is 6.84. The van der Waals surface area contributed by atoms with Crippen LogP contribution in [-0.4, -0.2) is 38.0 Å². The number of piperidine rings is 1. The van der Waals surface area contributed by atoms with Crippen LogP contribution in [0.25, 0.3) is 5.69 Å². The highest BCUT2D eigenvalue weighted by molar-refractivity contribution is 5.49. The van der Waals surface area contributed by atoms with Crippen molar-refractivity contribution in [2.75, 3.05) is 13.1 Å². The van der Waals surface area contributed by atoms with Crippen molar-refractivity contribution in [1.29, 1.82) is 0 Å². The Bertz CT molecular complexity index is 812. The standard InChI is InChI=1S/C20H25N5/c1-15-12-16(2)20(25-9-3-7-22-25)18(13-15)14-24-10-5-17(6-11-24)19-4-8-21-23-19/h3-4,7-9,12-13,17H,5-6,10-11,14H2,1-2H3,(H,21,23). The van der Waals surface area contributed by atoms with Crippen LogP contribution in [0.1, 0.15) is 41.1 Å². The topological polar surface area (TPSA) is 49.7 Å². The van der Waals surface area contributed by atoms with Gasteiger partial charge in [-0.1, -0.05) is 17.7 Å². The lowest BCUT2D eigenvalue weighted by molar-refractivity contribution is 0.203. The molecular formula is C20H25N5. The van der Waals surface area contributed by atoms with Crippen molar-refractivity contribution in [3.63, 3.8) is 0 Å². The third kappa shape index (κ3) is 3.37. The molecule has 3 heterocycles. The monoisotopic (exact) mass is 335 g/mol. The maximum atomic E-state index is 4.46. The first-order chi connectivity index (χ1) is 12.2. The molecule has 1 saturated heterocycles. The van der Waals surface area contributed by atoms with E-state index in [0.717, 1.165) is 19.6 Å². The van der Waals surface area contributed by atoms with E-state index >= 15 is 0 Å². The molecule has 0 amide bonds. The van der Waals surface area contributed by atoms with E-state index in [4.69, 9.17) is 0 Å². The van der Waals surface area contributed by atoms with E-state index in [-0.39, 0.29) is 0 Å². The average Bonchev–Trinajstić information content (AvgIpc) is 3.29. The summed E-state index contributed by atoms with van der Waals surface area (Å²) >= 11 is 0. The molecule has 1 N–H and O–H groups in total. The van der Waals surface area contributed by atoms with Gasteiger partial charge in [0.15, 0.2) is 0 Å². The normalized spacial score (nSPS) is 16.4. The summed E-state index contributed by atoms with van der Waals surface area (Å²) in [6.45, 7) is 7.57. The third-order valence-corrected chi connectivity index (χ3v) is 5.20. The average molecular weight is 335 g/mol. The molecular weight excluding hydrogens is 310 g/mol. The Hall–Kier alpha value is -2.40. The zero-order valence-electron chi connectivity index (χ0n) is 14.9. The van der Waals surface area contributed by atoms with Crippen LogP contribution in [0, 0.1) is 13.8 Å². The summed E-state index contributed by atoms with van der Waals surface area (Å²) in [5.41, 5.74) is 6.47. The van der Waals surface area contributed by atoms with Crippen molar-refractivity contribution in [3.8, 4) is 5.69 Å². The smallest absolute Gasteiger partial charge is 0.0719 e. The molecule has 0 atom stereocenters. The van der Waals surface area contributed by atoms with Crippen molar-refractivity contribution in [2.45, 2.75) is 39.2 Å². The van der Waals surface area contributed by atoms with Crippen molar-refractivity contribution in [1.82, 2.24) is 24.9 Å². The minimum Gasteiger partial charge on any atom is -0.299 e. The summed E-state index contributed by atoms with van der Waals surface area (Å²) in [7, 11) is 0. The van der Waals surface area contributed by atoms with Gasteiger partial charge in [-0.15, -0.1) is 0 Å². The molecule has 0 unspecified atom stereocenters. The van der Waals surface area contributed by atoms with E-state index in [1.54, 1.807) is 0 Å². The Morgan fingerprint density at radius 1 is 1.16 bits per heavy atom. The number of rotatable bonds is 4. The lowest BCUT2D eigenvalue weighted by Crippen LogP contribution is -2.33. The molecule has 0 spiro atoms. The van der Waals surface area contributed by atoms with E-state index < -0.39 is 0 Å². The highest BCUT2D eigenvalue weighted by Gasteiger charge is 2.22. The number of hydrogen-bond donors (Lipinski definition) is 1. The quantitative estimate of drug-likeness (QED) is 0.793. The van der Waals surface area contributed by atoms with Gasteiger partial charge in [-0.05, 0) is 63.0 Å². The first kappa shape index (κ1) is 16.1. The maximum absolute atomic E-state index is 4.46. The van der Waals surface area contributed by atoms with E-state index in [9.17, 15) is 0 Å². The molecule has 0 aliphatic carbocycles. The third-order valence-electron chi connectivity index (χ3n) is 5.20. The van der Waals surface area contributed by atoms with Gasteiger partial charge in [-0.25, -0.2) is 4.68 Å². The molecule has 1 aliphatic rings. The fourth-order valence-corrected chi connectivity index (χ4v) is 4.03. The molecule has 1 aliphatic heterocycles. The van der Waals surface area contributed by atoms with Gasteiger partial charge in [0.25, 0.3) is 0 Å². The molecule has 4 rings (SSSR count). The number of benzene rings is 1. The van der Waals surface area contributed by atoms with Crippen LogP contribution in [0.15, 0.2) is 42.9 Å². The molecule has 1 fully saturated rings. The van der Waals surface area contributed by atoms with E-state index in [1.807, 2.05) is 29.3 Å². The Morgan fingerprint density at radius 2 is 2.00 bits per heavy atom. The van der Waals surface area contributed by atoms with Crippen LogP contribution in [0.5, 0.6) is 0 Å². The molecule has 5 heteroatoms.